The number of carbonyl (C=O) groups excluding carboxylic acids is 2. The molecule has 0 unspecified atom stereocenters. The van der Waals surface area contributed by atoms with E-state index >= 15 is 0 Å². The predicted molar refractivity (Wildman–Crippen MR) is 105 cm³/mol. The Kier molecular flexibility index (Phi) is 6.36. The molecular weight excluding hydrogens is 343 g/mol. The third-order valence-corrected chi connectivity index (χ3v) is 4.61. The molecule has 0 spiro atoms. The van der Waals surface area contributed by atoms with E-state index in [0.717, 1.165) is 44.3 Å². The first-order chi connectivity index (χ1) is 13.1. The van der Waals surface area contributed by atoms with Crippen molar-refractivity contribution < 1.29 is 14.0 Å². The lowest BCUT2D eigenvalue weighted by molar-refractivity contribution is -0.111. The minimum absolute atomic E-state index is 0.0460. The van der Waals surface area contributed by atoms with Crippen molar-refractivity contribution in [3.63, 3.8) is 0 Å². The lowest BCUT2D eigenvalue weighted by Gasteiger charge is -2.21. The number of likely N-dealkylation sites (tertiary alicyclic amines) is 1. The minimum Gasteiger partial charge on any atom is -0.339 e. The van der Waals surface area contributed by atoms with Crippen LogP contribution < -0.4 is 5.32 Å². The van der Waals surface area contributed by atoms with Crippen molar-refractivity contribution in [3.8, 4) is 0 Å². The van der Waals surface area contributed by atoms with E-state index in [1.165, 1.54) is 18.2 Å². The highest BCUT2D eigenvalue weighted by molar-refractivity contribution is 6.07. The van der Waals surface area contributed by atoms with Crippen molar-refractivity contribution in [1.29, 1.82) is 0 Å². The molecule has 0 aliphatic carbocycles. The van der Waals surface area contributed by atoms with Crippen LogP contribution in [-0.4, -0.2) is 29.8 Å². The van der Waals surface area contributed by atoms with Crippen molar-refractivity contribution in [2.45, 2.75) is 25.7 Å². The second kappa shape index (κ2) is 9.12. The van der Waals surface area contributed by atoms with Gasteiger partial charge in [0.25, 0.3) is 5.91 Å². The molecule has 2 aromatic rings. The Morgan fingerprint density at radius 2 is 1.59 bits per heavy atom. The molecule has 3 rings (SSSR count). The predicted octanol–water partition coefficient (Wildman–Crippen LogP) is 4.49. The number of hydrogen-bond donors (Lipinski definition) is 1. The largest absolute Gasteiger partial charge is 0.339 e. The molecule has 2 amide bonds. The summed E-state index contributed by atoms with van der Waals surface area (Å²) in [7, 11) is 0. The van der Waals surface area contributed by atoms with Crippen molar-refractivity contribution in [3.05, 3.63) is 71.6 Å². The van der Waals surface area contributed by atoms with Gasteiger partial charge in [-0.25, -0.2) is 4.39 Å². The summed E-state index contributed by atoms with van der Waals surface area (Å²) in [4.78, 5) is 27.0. The second-order valence-electron chi connectivity index (χ2n) is 6.63. The SMILES string of the molecule is O=C(/C=C/c1ccc(F)cc1)Nc1ccccc1C(=O)N1CCCCCC1. The van der Waals surface area contributed by atoms with Crippen LogP contribution in [-0.2, 0) is 4.79 Å². The van der Waals surface area contributed by atoms with Gasteiger partial charge < -0.3 is 10.2 Å². The zero-order valence-electron chi connectivity index (χ0n) is 15.2. The number of anilines is 1. The van der Waals surface area contributed by atoms with E-state index in [4.69, 9.17) is 0 Å². The molecule has 0 radical (unpaired) electrons. The van der Waals surface area contributed by atoms with Crippen LogP contribution in [0.4, 0.5) is 10.1 Å². The monoisotopic (exact) mass is 366 g/mol. The van der Waals surface area contributed by atoms with Crippen LogP contribution in [0, 0.1) is 5.82 Å². The van der Waals surface area contributed by atoms with Gasteiger partial charge in [0.2, 0.25) is 5.91 Å². The number of hydrogen-bond acceptors (Lipinski definition) is 2. The summed E-state index contributed by atoms with van der Waals surface area (Å²) >= 11 is 0. The van der Waals surface area contributed by atoms with Gasteiger partial charge in [0, 0.05) is 19.2 Å². The fourth-order valence-corrected chi connectivity index (χ4v) is 3.14. The summed E-state index contributed by atoms with van der Waals surface area (Å²) in [6.07, 6.45) is 7.31. The molecule has 2 aromatic carbocycles. The Morgan fingerprint density at radius 3 is 2.30 bits per heavy atom. The van der Waals surface area contributed by atoms with Crippen molar-refractivity contribution in [2.24, 2.45) is 0 Å². The van der Waals surface area contributed by atoms with Gasteiger partial charge in [-0.15, -0.1) is 0 Å². The second-order valence-corrected chi connectivity index (χ2v) is 6.63. The molecule has 140 valence electrons. The molecule has 1 N–H and O–H groups in total. The highest BCUT2D eigenvalue weighted by Crippen LogP contribution is 2.20. The van der Waals surface area contributed by atoms with Crippen molar-refractivity contribution >= 4 is 23.6 Å². The van der Waals surface area contributed by atoms with Gasteiger partial charge in [-0.05, 0) is 48.7 Å². The number of halogens is 1. The van der Waals surface area contributed by atoms with E-state index in [0.29, 0.717) is 11.3 Å². The molecule has 1 heterocycles. The van der Waals surface area contributed by atoms with E-state index in [1.54, 1.807) is 42.5 Å². The van der Waals surface area contributed by atoms with Gasteiger partial charge in [0.15, 0.2) is 0 Å². The smallest absolute Gasteiger partial charge is 0.255 e. The lowest BCUT2D eigenvalue weighted by atomic mass is 10.1. The molecule has 1 aliphatic heterocycles. The van der Waals surface area contributed by atoms with Crippen LogP contribution in [0.5, 0.6) is 0 Å². The van der Waals surface area contributed by atoms with Gasteiger partial charge in [0.1, 0.15) is 5.82 Å². The minimum atomic E-state index is -0.338. The Morgan fingerprint density at radius 1 is 0.926 bits per heavy atom. The first kappa shape index (κ1) is 18.8. The number of benzene rings is 2. The van der Waals surface area contributed by atoms with Crippen molar-refractivity contribution in [2.75, 3.05) is 18.4 Å². The van der Waals surface area contributed by atoms with Crippen LogP contribution in [0.2, 0.25) is 0 Å². The van der Waals surface area contributed by atoms with Gasteiger partial charge >= 0.3 is 0 Å². The Labute approximate surface area is 158 Å². The van der Waals surface area contributed by atoms with Crippen LogP contribution in [0.25, 0.3) is 6.08 Å². The van der Waals surface area contributed by atoms with E-state index in [-0.39, 0.29) is 17.6 Å². The topological polar surface area (TPSA) is 49.4 Å². The number of nitrogens with one attached hydrogen (secondary N) is 1. The molecule has 1 saturated heterocycles. The van der Waals surface area contributed by atoms with Crippen LogP contribution in [0.3, 0.4) is 0 Å². The van der Waals surface area contributed by atoms with Crippen LogP contribution in [0.1, 0.15) is 41.6 Å². The number of rotatable bonds is 4. The average molecular weight is 366 g/mol. The molecule has 27 heavy (non-hydrogen) atoms. The lowest BCUT2D eigenvalue weighted by Crippen LogP contribution is -2.32. The van der Waals surface area contributed by atoms with Crippen molar-refractivity contribution in [1.82, 2.24) is 4.90 Å². The van der Waals surface area contributed by atoms with Crippen LogP contribution in [0.15, 0.2) is 54.6 Å². The van der Waals surface area contributed by atoms with E-state index in [9.17, 15) is 14.0 Å². The molecular formula is C22H23FN2O2. The first-order valence-corrected chi connectivity index (χ1v) is 9.26. The zero-order valence-corrected chi connectivity index (χ0v) is 15.2. The van der Waals surface area contributed by atoms with E-state index in [1.807, 2.05) is 4.90 Å². The Bertz CT molecular complexity index is 822. The van der Waals surface area contributed by atoms with Gasteiger partial charge in [-0.2, -0.15) is 0 Å². The van der Waals surface area contributed by atoms with E-state index < -0.39 is 0 Å². The summed E-state index contributed by atoms with van der Waals surface area (Å²) < 4.78 is 12.9. The zero-order chi connectivity index (χ0) is 19.1. The fraction of sp³-hybridized carbons (Fsp3) is 0.273. The number of carbonyl (C=O) groups is 2. The average Bonchev–Trinajstić information content (AvgIpc) is 2.97. The first-order valence-electron chi connectivity index (χ1n) is 9.26. The highest BCUT2D eigenvalue weighted by atomic mass is 19.1. The third kappa shape index (κ3) is 5.26. The molecule has 5 heteroatoms. The number of amides is 2. The number of para-hydroxylation sites is 1. The van der Waals surface area contributed by atoms with Gasteiger partial charge in [-0.1, -0.05) is 37.1 Å². The molecule has 0 bridgehead atoms. The fourth-order valence-electron chi connectivity index (χ4n) is 3.14. The van der Waals surface area contributed by atoms with Gasteiger partial charge in [-0.3, -0.25) is 9.59 Å². The Balaban J connectivity index is 1.70. The quantitative estimate of drug-likeness (QED) is 0.811. The highest BCUT2D eigenvalue weighted by Gasteiger charge is 2.20. The molecule has 0 saturated carbocycles. The molecule has 4 nitrogen and oxygen atoms in total. The summed E-state index contributed by atoms with van der Waals surface area (Å²) in [5.74, 6) is -0.705. The number of nitrogens with zero attached hydrogens (tertiary/aromatic N) is 1. The summed E-state index contributed by atoms with van der Waals surface area (Å²) in [5, 5.41) is 2.78. The summed E-state index contributed by atoms with van der Waals surface area (Å²) in [6, 6.07) is 12.9. The van der Waals surface area contributed by atoms with Crippen LogP contribution >= 0.6 is 0 Å². The maximum atomic E-state index is 12.9. The summed E-state index contributed by atoms with van der Waals surface area (Å²) in [6.45, 7) is 1.51. The summed E-state index contributed by atoms with van der Waals surface area (Å²) in [5.41, 5.74) is 1.73. The molecule has 0 atom stereocenters. The maximum absolute atomic E-state index is 12.9. The third-order valence-electron chi connectivity index (χ3n) is 4.61. The Hall–Kier alpha value is -2.95. The maximum Gasteiger partial charge on any atom is 0.255 e. The van der Waals surface area contributed by atoms with E-state index in [2.05, 4.69) is 5.32 Å². The van der Waals surface area contributed by atoms with Gasteiger partial charge in [0.05, 0.1) is 11.3 Å². The molecule has 0 aromatic heterocycles. The standard InChI is InChI=1S/C22H23FN2O2/c23-18-12-9-17(10-13-18)11-14-21(26)24-20-8-4-3-7-19(20)22(27)25-15-5-1-2-6-16-25/h3-4,7-14H,1-2,5-6,15-16H2,(H,24,26)/b14-11+. The molecule has 1 aliphatic rings. The molecule has 1 fully saturated rings. The normalized spacial score (nSPS) is 14.8.